The van der Waals surface area contributed by atoms with Crippen LogP contribution >= 0.6 is 11.3 Å². The van der Waals surface area contributed by atoms with Crippen molar-refractivity contribution in [2.45, 2.75) is 45.6 Å². The van der Waals surface area contributed by atoms with Crippen molar-refractivity contribution in [3.05, 3.63) is 40.4 Å². The second-order valence-corrected chi connectivity index (χ2v) is 9.92. The molecule has 9 nitrogen and oxygen atoms in total. The molecule has 1 aromatic carbocycles. The third-order valence-electron chi connectivity index (χ3n) is 6.60. The number of amides is 3. The summed E-state index contributed by atoms with van der Waals surface area (Å²) in [5.41, 5.74) is 2.77. The van der Waals surface area contributed by atoms with Gasteiger partial charge in [-0.3, -0.25) is 9.59 Å². The Bertz CT molecular complexity index is 1080. The molecule has 0 saturated carbocycles. The predicted octanol–water partition coefficient (Wildman–Crippen LogP) is 3.54. The number of piperidine rings is 1. The fraction of sp³-hybridized carbons (Fsp3) is 0.520. The van der Waals surface area contributed by atoms with Crippen LogP contribution in [0.4, 0.5) is 15.6 Å². The normalized spacial score (nSPS) is 16.4. The summed E-state index contributed by atoms with van der Waals surface area (Å²) in [5, 5.41) is 3.89. The first kappa shape index (κ1) is 25.0. The summed E-state index contributed by atoms with van der Waals surface area (Å²) in [6, 6.07) is 8.12. The summed E-state index contributed by atoms with van der Waals surface area (Å²) in [6.45, 7) is 6.51. The van der Waals surface area contributed by atoms with Crippen LogP contribution in [0, 0.1) is 6.92 Å². The first-order valence-corrected chi connectivity index (χ1v) is 13.0. The van der Waals surface area contributed by atoms with Gasteiger partial charge in [0.15, 0.2) is 5.13 Å². The molecule has 1 saturated heterocycles. The number of aromatic nitrogens is 1. The van der Waals surface area contributed by atoms with Gasteiger partial charge in [-0.05, 0) is 44.7 Å². The SMILES string of the molecule is CCOC(=O)CCN(C)C(=O)c1sc(N2CCC(N3CCc4ccccc4NC3=O)CC2)nc1C. The number of esters is 1. The number of thiazole rings is 1. The Morgan fingerprint density at radius 2 is 1.97 bits per heavy atom. The summed E-state index contributed by atoms with van der Waals surface area (Å²) in [7, 11) is 1.69. The van der Waals surface area contributed by atoms with Gasteiger partial charge in [0.1, 0.15) is 4.88 Å². The number of para-hydroxylation sites is 1. The number of rotatable bonds is 7. The maximum absolute atomic E-state index is 12.9. The fourth-order valence-electron chi connectivity index (χ4n) is 4.59. The maximum atomic E-state index is 12.9. The highest BCUT2D eigenvalue weighted by Crippen LogP contribution is 2.31. The lowest BCUT2D eigenvalue weighted by molar-refractivity contribution is -0.143. The Morgan fingerprint density at radius 3 is 2.71 bits per heavy atom. The number of aryl methyl sites for hydroxylation is 1. The summed E-state index contributed by atoms with van der Waals surface area (Å²) in [4.78, 5) is 48.4. The molecule has 10 heteroatoms. The molecule has 3 amide bonds. The zero-order valence-corrected chi connectivity index (χ0v) is 21.4. The number of anilines is 2. The quantitative estimate of drug-likeness (QED) is 0.586. The van der Waals surface area contributed by atoms with Gasteiger partial charge in [-0.2, -0.15) is 0 Å². The lowest BCUT2D eigenvalue weighted by atomic mass is 10.0. The average Bonchev–Trinajstić information content (AvgIpc) is 3.16. The largest absolute Gasteiger partial charge is 0.466 e. The molecule has 0 aliphatic carbocycles. The molecule has 0 bridgehead atoms. The van der Waals surface area contributed by atoms with Crippen LogP contribution in [-0.2, 0) is 16.0 Å². The number of hydrogen-bond acceptors (Lipinski definition) is 7. The van der Waals surface area contributed by atoms with E-state index >= 15 is 0 Å². The van der Waals surface area contributed by atoms with Crippen LogP contribution in [0.2, 0.25) is 0 Å². The minimum absolute atomic E-state index is 0.0303. The minimum atomic E-state index is -0.307. The first-order chi connectivity index (χ1) is 16.9. The molecule has 2 aliphatic heterocycles. The van der Waals surface area contributed by atoms with Gasteiger partial charge in [0, 0.05) is 45.0 Å². The van der Waals surface area contributed by atoms with Crippen molar-refractivity contribution in [3.63, 3.8) is 0 Å². The smallest absolute Gasteiger partial charge is 0.322 e. The maximum Gasteiger partial charge on any atom is 0.322 e. The van der Waals surface area contributed by atoms with Crippen molar-refractivity contribution in [1.82, 2.24) is 14.8 Å². The Labute approximate surface area is 210 Å². The van der Waals surface area contributed by atoms with Gasteiger partial charge in [-0.1, -0.05) is 29.5 Å². The van der Waals surface area contributed by atoms with Crippen LogP contribution in [0.15, 0.2) is 24.3 Å². The van der Waals surface area contributed by atoms with E-state index in [4.69, 9.17) is 4.74 Å². The molecule has 3 heterocycles. The van der Waals surface area contributed by atoms with Gasteiger partial charge in [0.25, 0.3) is 5.91 Å². The van der Waals surface area contributed by atoms with Crippen molar-refractivity contribution < 1.29 is 19.1 Å². The molecule has 0 spiro atoms. The number of nitrogens with zero attached hydrogens (tertiary/aromatic N) is 4. The molecule has 0 unspecified atom stereocenters. The Kier molecular flexibility index (Phi) is 7.90. The van der Waals surface area contributed by atoms with Gasteiger partial charge in [0.05, 0.1) is 18.7 Å². The molecule has 1 fully saturated rings. The average molecular weight is 500 g/mol. The number of carbonyl (C=O) groups excluding carboxylic acids is 3. The predicted molar refractivity (Wildman–Crippen MR) is 136 cm³/mol. The molecule has 35 heavy (non-hydrogen) atoms. The monoisotopic (exact) mass is 499 g/mol. The van der Waals surface area contributed by atoms with Gasteiger partial charge in [-0.15, -0.1) is 0 Å². The summed E-state index contributed by atoms with van der Waals surface area (Å²) < 4.78 is 4.95. The number of ether oxygens (including phenoxy) is 1. The number of hydrogen-bond donors (Lipinski definition) is 1. The van der Waals surface area contributed by atoms with Crippen molar-refractivity contribution in [1.29, 1.82) is 0 Å². The van der Waals surface area contributed by atoms with Crippen LogP contribution in [0.3, 0.4) is 0 Å². The van der Waals surface area contributed by atoms with E-state index in [9.17, 15) is 14.4 Å². The van der Waals surface area contributed by atoms with Gasteiger partial charge in [0.2, 0.25) is 0 Å². The van der Waals surface area contributed by atoms with Crippen LogP contribution in [0.25, 0.3) is 0 Å². The molecule has 0 atom stereocenters. The molecule has 2 aliphatic rings. The van der Waals surface area contributed by atoms with Gasteiger partial charge in [-0.25, -0.2) is 9.78 Å². The number of urea groups is 1. The van der Waals surface area contributed by atoms with E-state index in [1.165, 1.54) is 16.9 Å². The van der Waals surface area contributed by atoms with E-state index in [0.717, 1.165) is 43.2 Å². The van der Waals surface area contributed by atoms with Crippen molar-refractivity contribution in [2.24, 2.45) is 0 Å². The lowest BCUT2D eigenvalue weighted by Crippen LogP contribution is -2.48. The number of benzene rings is 1. The first-order valence-electron chi connectivity index (χ1n) is 12.2. The Hall–Kier alpha value is -3.14. The second-order valence-electron chi connectivity index (χ2n) is 8.94. The van der Waals surface area contributed by atoms with E-state index in [1.807, 2.05) is 30.0 Å². The third-order valence-corrected chi connectivity index (χ3v) is 7.81. The van der Waals surface area contributed by atoms with Crippen LogP contribution < -0.4 is 10.2 Å². The highest BCUT2D eigenvalue weighted by Gasteiger charge is 2.31. The number of carbonyl (C=O) groups is 3. The van der Waals surface area contributed by atoms with Crippen LogP contribution in [0.5, 0.6) is 0 Å². The summed E-state index contributed by atoms with van der Waals surface area (Å²) >= 11 is 1.39. The molecule has 4 rings (SSSR count). The third kappa shape index (κ3) is 5.75. The van der Waals surface area contributed by atoms with Crippen LogP contribution in [-0.4, -0.2) is 78.6 Å². The van der Waals surface area contributed by atoms with E-state index in [1.54, 1.807) is 18.9 Å². The van der Waals surface area contributed by atoms with Crippen LogP contribution in [0.1, 0.15) is 47.1 Å². The van der Waals surface area contributed by atoms with Gasteiger partial charge < -0.3 is 24.8 Å². The second kappa shape index (κ2) is 11.1. The Morgan fingerprint density at radius 1 is 1.23 bits per heavy atom. The van der Waals surface area contributed by atoms with E-state index in [0.29, 0.717) is 30.3 Å². The van der Waals surface area contributed by atoms with Crippen molar-refractivity contribution in [3.8, 4) is 0 Å². The molecule has 2 aromatic rings. The number of fused-ring (bicyclic) bond motifs is 1. The molecule has 1 aromatic heterocycles. The summed E-state index contributed by atoms with van der Waals surface area (Å²) in [5.74, 6) is -0.440. The van der Waals surface area contributed by atoms with Crippen molar-refractivity contribution >= 4 is 40.1 Å². The zero-order valence-electron chi connectivity index (χ0n) is 20.6. The molecule has 1 N–H and O–H groups in total. The molecule has 0 radical (unpaired) electrons. The fourth-order valence-corrected chi connectivity index (χ4v) is 5.70. The molecular formula is C25H33N5O4S. The topological polar surface area (TPSA) is 95.1 Å². The molecule has 188 valence electrons. The van der Waals surface area contributed by atoms with E-state index < -0.39 is 0 Å². The van der Waals surface area contributed by atoms with Crippen molar-refractivity contribution in [2.75, 3.05) is 50.1 Å². The number of nitrogens with one attached hydrogen (secondary N) is 1. The summed E-state index contributed by atoms with van der Waals surface area (Å²) in [6.07, 6.45) is 2.72. The zero-order chi connectivity index (χ0) is 24.9. The highest BCUT2D eigenvalue weighted by atomic mass is 32.1. The van der Waals surface area contributed by atoms with Gasteiger partial charge >= 0.3 is 12.0 Å². The van der Waals surface area contributed by atoms with E-state index in [-0.39, 0.29) is 30.4 Å². The van der Waals surface area contributed by atoms with E-state index in [2.05, 4.69) is 21.3 Å². The Balaban J connectivity index is 1.33. The minimum Gasteiger partial charge on any atom is -0.466 e. The lowest BCUT2D eigenvalue weighted by Gasteiger charge is -2.37. The standard InChI is InChI=1S/C25H33N5O4S/c1-4-34-21(31)12-13-28(3)23(32)22-17(2)26-25(35-22)29-14-10-19(11-15-29)30-16-9-18-7-5-6-8-20(18)27-24(30)33/h5-8,19H,4,9-16H2,1-3H3,(H,27,33). The molecular weight excluding hydrogens is 466 g/mol. The highest BCUT2D eigenvalue weighted by molar-refractivity contribution is 7.17.